The minimum atomic E-state index is -0.0205. The Morgan fingerprint density at radius 3 is 1.39 bits per heavy atom. The SMILES string of the molecule is CCC(C)N(c1ccc(C(c2ccc(N)cc2)(C(C)CC)C(C)CC)cc1)C(C)CC. The first kappa shape index (κ1) is 25.3. The second-order valence-corrected chi connectivity index (χ2v) is 9.58. The van der Waals surface area contributed by atoms with Gasteiger partial charge in [-0.2, -0.15) is 0 Å². The number of benzene rings is 2. The Labute approximate surface area is 192 Å². The molecule has 0 aliphatic heterocycles. The molecule has 2 nitrogen and oxygen atoms in total. The van der Waals surface area contributed by atoms with Gasteiger partial charge in [-0.25, -0.2) is 0 Å². The second kappa shape index (κ2) is 11.1. The van der Waals surface area contributed by atoms with Gasteiger partial charge in [-0.1, -0.05) is 78.6 Å². The highest BCUT2D eigenvalue weighted by Crippen LogP contribution is 2.48. The molecule has 0 amide bonds. The van der Waals surface area contributed by atoms with Crippen LogP contribution in [-0.4, -0.2) is 12.1 Å². The van der Waals surface area contributed by atoms with Crippen LogP contribution in [0.4, 0.5) is 11.4 Å². The van der Waals surface area contributed by atoms with E-state index in [1.54, 1.807) is 0 Å². The Hall–Kier alpha value is -1.96. The first-order valence-corrected chi connectivity index (χ1v) is 12.5. The first-order chi connectivity index (χ1) is 14.8. The Morgan fingerprint density at radius 2 is 1.03 bits per heavy atom. The van der Waals surface area contributed by atoms with Crippen molar-refractivity contribution in [3.63, 3.8) is 0 Å². The number of rotatable bonds is 11. The number of nitrogens with two attached hydrogens (primary N) is 1. The molecular formula is C29H46N2. The molecule has 2 aromatic rings. The van der Waals surface area contributed by atoms with Crippen molar-refractivity contribution >= 4 is 11.4 Å². The van der Waals surface area contributed by atoms with Gasteiger partial charge in [0.2, 0.25) is 0 Å². The zero-order valence-electron chi connectivity index (χ0n) is 21.3. The van der Waals surface area contributed by atoms with E-state index in [-0.39, 0.29) is 5.41 Å². The lowest BCUT2D eigenvalue weighted by Crippen LogP contribution is -2.42. The smallest absolute Gasteiger partial charge is 0.0371 e. The van der Waals surface area contributed by atoms with Crippen molar-refractivity contribution < 1.29 is 0 Å². The lowest BCUT2D eigenvalue weighted by molar-refractivity contribution is 0.229. The van der Waals surface area contributed by atoms with Crippen molar-refractivity contribution in [2.75, 3.05) is 10.6 Å². The monoisotopic (exact) mass is 422 g/mol. The van der Waals surface area contributed by atoms with Crippen LogP contribution in [0.15, 0.2) is 48.5 Å². The van der Waals surface area contributed by atoms with Gasteiger partial charge in [-0.15, -0.1) is 0 Å². The number of hydrogen-bond donors (Lipinski definition) is 1. The lowest BCUT2D eigenvalue weighted by Gasteiger charge is -2.45. The van der Waals surface area contributed by atoms with E-state index in [1.165, 1.54) is 16.8 Å². The van der Waals surface area contributed by atoms with Crippen LogP contribution >= 0.6 is 0 Å². The molecule has 2 rings (SSSR count). The summed E-state index contributed by atoms with van der Waals surface area (Å²) < 4.78 is 0. The van der Waals surface area contributed by atoms with Gasteiger partial charge in [0.15, 0.2) is 0 Å². The Morgan fingerprint density at radius 1 is 0.645 bits per heavy atom. The molecule has 0 radical (unpaired) electrons. The molecule has 2 N–H and O–H groups in total. The minimum Gasteiger partial charge on any atom is -0.399 e. The topological polar surface area (TPSA) is 29.3 Å². The average molecular weight is 423 g/mol. The summed E-state index contributed by atoms with van der Waals surface area (Å²) in [6, 6.07) is 19.3. The van der Waals surface area contributed by atoms with Crippen LogP contribution in [0.3, 0.4) is 0 Å². The van der Waals surface area contributed by atoms with Crippen LogP contribution in [0.1, 0.15) is 92.2 Å². The molecule has 172 valence electrons. The van der Waals surface area contributed by atoms with Crippen molar-refractivity contribution in [3.05, 3.63) is 59.7 Å². The zero-order chi connectivity index (χ0) is 23.2. The maximum atomic E-state index is 6.06. The Kier molecular flexibility index (Phi) is 9.03. The van der Waals surface area contributed by atoms with E-state index < -0.39 is 0 Å². The minimum absolute atomic E-state index is 0.0205. The highest BCUT2D eigenvalue weighted by molar-refractivity contribution is 5.53. The maximum absolute atomic E-state index is 6.06. The van der Waals surface area contributed by atoms with E-state index >= 15 is 0 Å². The quantitative estimate of drug-likeness (QED) is 0.371. The molecule has 0 fully saturated rings. The van der Waals surface area contributed by atoms with E-state index in [4.69, 9.17) is 5.73 Å². The van der Waals surface area contributed by atoms with E-state index in [1.807, 2.05) is 0 Å². The molecule has 0 saturated heterocycles. The molecule has 0 heterocycles. The van der Waals surface area contributed by atoms with Crippen LogP contribution in [0.2, 0.25) is 0 Å². The van der Waals surface area contributed by atoms with Crippen LogP contribution in [-0.2, 0) is 5.41 Å². The van der Waals surface area contributed by atoms with Gasteiger partial charge in [0.25, 0.3) is 0 Å². The van der Waals surface area contributed by atoms with Crippen molar-refractivity contribution in [2.45, 2.75) is 98.6 Å². The molecular weight excluding hydrogens is 376 g/mol. The maximum Gasteiger partial charge on any atom is 0.0371 e. The molecule has 0 saturated carbocycles. The predicted octanol–water partition coefficient (Wildman–Crippen LogP) is 8.05. The van der Waals surface area contributed by atoms with Gasteiger partial charge in [0.1, 0.15) is 0 Å². The number of hydrogen-bond acceptors (Lipinski definition) is 2. The van der Waals surface area contributed by atoms with Crippen molar-refractivity contribution in [2.24, 2.45) is 11.8 Å². The summed E-state index contributed by atoms with van der Waals surface area (Å²) in [5, 5.41) is 0. The van der Waals surface area contributed by atoms with Crippen LogP contribution in [0, 0.1) is 11.8 Å². The highest BCUT2D eigenvalue weighted by Gasteiger charge is 2.43. The third-order valence-electron chi connectivity index (χ3n) is 7.94. The molecule has 2 aromatic carbocycles. The summed E-state index contributed by atoms with van der Waals surface area (Å²) in [6.45, 7) is 18.7. The summed E-state index contributed by atoms with van der Waals surface area (Å²) in [5.74, 6) is 1.05. The summed E-state index contributed by atoms with van der Waals surface area (Å²) in [4.78, 5) is 2.60. The number of anilines is 2. The molecule has 31 heavy (non-hydrogen) atoms. The molecule has 0 aromatic heterocycles. The van der Waals surface area contributed by atoms with Crippen molar-refractivity contribution in [3.8, 4) is 0 Å². The first-order valence-electron chi connectivity index (χ1n) is 12.5. The molecule has 0 bridgehead atoms. The standard InChI is InChI=1S/C29H46N2/c1-9-21(5)29(22(6)10-2,25-13-17-27(30)18-14-25)26-15-19-28(20-16-26)31(23(7)11-3)24(8)12-4/h13-24H,9-12,30H2,1-8H3. The fraction of sp³-hybridized carbons (Fsp3) is 0.586. The molecule has 4 atom stereocenters. The molecule has 2 heteroatoms. The van der Waals surface area contributed by atoms with Gasteiger partial charge < -0.3 is 10.6 Å². The van der Waals surface area contributed by atoms with Gasteiger partial charge in [0, 0.05) is 28.9 Å². The summed E-state index contributed by atoms with van der Waals surface area (Å²) in [5.41, 5.74) is 11.0. The summed E-state index contributed by atoms with van der Waals surface area (Å²) in [7, 11) is 0. The number of nitrogens with zero attached hydrogens (tertiary/aromatic N) is 1. The van der Waals surface area contributed by atoms with E-state index in [0.29, 0.717) is 23.9 Å². The molecule has 0 spiro atoms. The third-order valence-corrected chi connectivity index (χ3v) is 7.94. The predicted molar refractivity (Wildman–Crippen MR) is 139 cm³/mol. The van der Waals surface area contributed by atoms with Gasteiger partial charge >= 0.3 is 0 Å². The molecule has 4 unspecified atom stereocenters. The Bertz CT molecular complexity index is 757. The summed E-state index contributed by atoms with van der Waals surface area (Å²) in [6.07, 6.45) is 4.59. The van der Waals surface area contributed by atoms with Crippen LogP contribution in [0.25, 0.3) is 0 Å². The highest BCUT2D eigenvalue weighted by atomic mass is 15.2. The van der Waals surface area contributed by atoms with Gasteiger partial charge in [0.05, 0.1) is 0 Å². The molecule has 0 aliphatic carbocycles. The molecule has 0 aliphatic rings. The fourth-order valence-electron chi connectivity index (χ4n) is 5.44. The fourth-order valence-corrected chi connectivity index (χ4v) is 5.44. The summed E-state index contributed by atoms with van der Waals surface area (Å²) >= 11 is 0. The van der Waals surface area contributed by atoms with Crippen LogP contribution in [0.5, 0.6) is 0 Å². The van der Waals surface area contributed by atoms with Crippen molar-refractivity contribution in [1.29, 1.82) is 0 Å². The van der Waals surface area contributed by atoms with E-state index in [0.717, 1.165) is 31.4 Å². The Balaban J connectivity index is 2.65. The number of nitrogen functional groups attached to an aromatic ring is 1. The van der Waals surface area contributed by atoms with Crippen LogP contribution < -0.4 is 10.6 Å². The third kappa shape index (κ3) is 4.94. The normalized spacial score (nSPS) is 17.4. The zero-order valence-corrected chi connectivity index (χ0v) is 21.3. The van der Waals surface area contributed by atoms with E-state index in [2.05, 4.69) is 109 Å². The van der Waals surface area contributed by atoms with E-state index in [9.17, 15) is 0 Å². The average Bonchev–Trinajstić information content (AvgIpc) is 2.80. The second-order valence-electron chi connectivity index (χ2n) is 9.58. The lowest BCUT2D eigenvalue weighted by atomic mass is 9.58. The van der Waals surface area contributed by atoms with Gasteiger partial charge in [-0.05, 0) is 73.9 Å². The van der Waals surface area contributed by atoms with Gasteiger partial charge in [-0.3, -0.25) is 0 Å². The van der Waals surface area contributed by atoms with Crippen molar-refractivity contribution in [1.82, 2.24) is 0 Å². The largest absolute Gasteiger partial charge is 0.399 e.